The van der Waals surface area contributed by atoms with Gasteiger partial charge in [-0.1, -0.05) is 6.92 Å². The van der Waals surface area contributed by atoms with E-state index in [0.717, 1.165) is 26.1 Å². The van der Waals surface area contributed by atoms with Crippen LogP contribution in [-0.4, -0.2) is 31.7 Å². The standard InChI is InChI=1S/C6H18N4/c1-3-5-10(8-2)6-4-9-7/h8-9H,3-7H2,1-2H3. The third kappa shape index (κ3) is 4.69. The topological polar surface area (TPSA) is 53.3 Å². The van der Waals surface area contributed by atoms with Gasteiger partial charge in [-0.25, -0.2) is 5.01 Å². The SMILES string of the molecule is CCCN(CCNN)NC. The summed E-state index contributed by atoms with van der Waals surface area (Å²) >= 11 is 0. The molecule has 0 bridgehead atoms. The van der Waals surface area contributed by atoms with Crippen molar-refractivity contribution in [1.82, 2.24) is 15.9 Å². The van der Waals surface area contributed by atoms with Crippen molar-refractivity contribution in [2.75, 3.05) is 26.7 Å². The van der Waals surface area contributed by atoms with Crippen LogP contribution in [0.2, 0.25) is 0 Å². The predicted octanol–water partition coefficient (Wildman–Crippen LogP) is -0.704. The fourth-order valence-corrected chi connectivity index (χ4v) is 0.805. The Hall–Kier alpha value is -0.160. The van der Waals surface area contributed by atoms with E-state index in [1.165, 1.54) is 0 Å². The second-order valence-electron chi connectivity index (χ2n) is 2.16. The van der Waals surface area contributed by atoms with Crippen molar-refractivity contribution in [3.8, 4) is 0 Å². The van der Waals surface area contributed by atoms with E-state index in [9.17, 15) is 0 Å². The highest BCUT2D eigenvalue weighted by molar-refractivity contribution is 4.49. The van der Waals surface area contributed by atoms with E-state index in [0.29, 0.717) is 0 Å². The molecule has 0 heterocycles. The summed E-state index contributed by atoms with van der Waals surface area (Å²) in [6, 6.07) is 0. The van der Waals surface area contributed by atoms with Gasteiger partial charge in [0.1, 0.15) is 0 Å². The van der Waals surface area contributed by atoms with Crippen LogP contribution < -0.4 is 16.7 Å². The molecule has 0 aromatic carbocycles. The molecule has 4 N–H and O–H groups in total. The van der Waals surface area contributed by atoms with Gasteiger partial charge in [0, 0.05) is 19.6 Å². The van der Waals surface area contributed by atoms with Gasteiger partial charge < -0.3 is 0 Å². The zero-order valence-corrected chi connectivity index (χ0v) is 6.85. The maximum Gasteiger partial charge on any atom is 0.0270 e. The molecule has 0 saturated carbocycles. The van der Waals surface area contributed by atoms with Gasteiger partial charge in [0.25, 0.3) is 0 Å². The number of hydrogen-bond acceptors (Lipinski definition) is 4. The van der Waals surface area contributed by atoms with Gasteiger partial charge in [0.05, 0.1) is 0 Å². The van der Waals surface area contributed by atoms with Gasteiger partial charge in [0.2, 0.25) is 0 Å². The zero-order valence-electron chi connectivity index (χ0n) is 6.85. The second kappa shape index (κ2) is 6.95. The Morgan fingerprint density at radius 1 is 1.40 bits per heavy atom. The summed E-state index contributed by atoms with van der Waals surface area (Å²) in [5.74, 6) is 5.12. The van der Waals surface area contributed by atoms with Gasteiger partial charge >= 0.3 is 0 Å². The first-order valence-corrected chi connectivity index (χ1v) is 3.71. The van der Waals surface area contributed by atoms with Crippen LogP contribution in [0.4, 0.5) is 0 Å². The van der Waals surface area contributed by atoms with Crippen molar-refractivity contribution in [3.63, 3.8) is 0 Å². The molecule has 10 heavy (non-hydrogen) atoms. The number of nitrogens with two attached hydrogens (primary N) is 1. The van der Waals surface area contributed by atoms with Gasteiger partial charge in [0.15, 0.2) is 0 Å². The fraction of sp³-hybridized carbons (Fsp3) is 1.00. The number of hydrazine groups is 2. The molecule has 0 aromatic heterocycles. The minimum Gasteiger partial charge on any atom is -0.271 e. The van der Waals surface area contributed by atoms with Crippen LogP contribution in [0, 0.1) is 0 Å². The second-order valence-corrected chi connectivity index (χ2v) is 2.16. The lowest BCUT2D eigenvalue weighted by molar-refractivity contribution is 0.209. The summed E-state index contributed by atoms with van der Waals surface area (Å²) in [7, 11) is 1.92. The molecule has 62 valence electrons. The summed E-state index contributed by atoms with van der Waals surface area (Å²) in [6.45, 7) is 4.99. The van der Waals surface area contributed by atoms with Gasteiger partial charge in [-0.05, 0) is 13.5 Å². The number of nitrogens with zero attached hydrogens (tertiary/aromatic N) is 1. The molecule has 0 amide bonds. The first-order chi connectivity index (χ1) is 4.85. The minimum absolute atomic E-state index is 0.820. The van der Waals surface area contributed by atoms with Crippen LogP contribution in [-0.2, 0) is 0 Å². The molecular formula is C6H18N4. The van der Waals surface area contributed by atoms with Gasteiger partial charge in [-0.3, -0.25) is 16.7 Å². The quantitative estimate of drug-likeness (QED) is 0.342. The summed E-state index contributed by atoms with van der Waals surface area (Å²) < 4.78 is 0. The fourth-order valence-electron chi connectivity index (χ4n) is 0.805. The summed E-state index contributed by atoms with van der Waals surface area (Å²) in [4.78, 5) is 0. The van der Waals surface area contributed by atoms with Crippen molar-refractivity contribution in [3.05, 3.63) is 0 Å². The highest BCUT2D eigenvalue weighted by Crippen LogP contribution is 1.82. The molecule has 0 fully saturated rings. The summed E-state index contributed by atoms with van der Waals surface area (Å²) in [5, 5.41) is 2.12. The lowest BCUT2D eigenvalue weighted by atomic mass is 10.4. The Bertz CT molecular complexity index is 66.8. The lowest BCUT2D eigenvalue weighted by Gasteiger charge is -2.19. The highest BCUT2D eigenvalue weighted by atomic mass is 15.5. The Morgan fingerprint density at radius 2 is 2.10 bits per heavy atom. The highest BCUT2D eigenvalue weighted by Gasteiger charge is 1.96. The third-order valence-electron chi connectivity index (χ3n) is 1.34. The molecule has 0 radical (unpaired) electrons. The molecule has 4 heteroatoms. The largest absolute Gasteiger partial charge is 0.271 e. The van der Waals surface area contributed by atoms with E-state index >= 15 is 0 Å². The summed E-state index contributed by atoms with van der Waals surface area (Å²) in [5.41, 5.74) is 5.68. The number of nitrogens with one attached hydrogen (secondary N) is 2. The smallest absolute Gasteiger partial charge is 0.0270 e. The van der Waals surface area contributed by atoms with Gasteiger partial charge in [-0.15, -0.1) is 0 Å². The van der Waals surface area contributed by atoms with Crippen molar-refractivity contribution < 1.29 is 0 Å². The molecule has 0 aliphatic rings. The molecule has 0 unspecified atom stereocenters. The Labute approximate surface area is 62.7 Å². The minimum atomic E-state index is 0.820. The van der Waals surface area contributed by atoms with Crippen LogP contribution >= 0.6 is 0 Å². The predicted molar refractivity (Wildman–Crippen MR) is 43.1 cm³/mol. The molecule has 0 rings (SSSR count). The van der Waals surface area contributed by atoms with Gasteiger partial charge in [-0.2, -0.15) is 0 Å². The average Bonchev–Trinajstić information content (AvgIpc) is 1.98. The molecule has 0 atom stereocenters. The summed E-state index contributed by atoms with van der Waals surface area (Å²) in [6.07, 6.45) is 1.16. The van der Waals surface area contributed by atoms with E-state index in [4.69, 9.17) is 5.84 Å². The van der Waals surface area contributed by atoms with E-state index in [1.807, 2.05) is 7.05 Å². The lowest BCUT2D eigenvalue weighted by Crippen LogP contribution is -2.41. The molecule has 0 saturated heterocycles. The average molecular weight is 146 g/mol. The third-order valence-corrected chi connectivity index (χ3v) is 1.34. The van der Waals surface area contributed by atoms with Crippen LogP contribution in [0.3, 0.4) is 0 Å². The first kappa shape index (κ1) is 9.84. The van der Waals surface area contributed by atoms with E-state index in [2.05, 4.69) is 22.8 Å². The van der Waals surface area contributed by atoms with Crippen LogP contribution in [0.15, 0.2) is 0 Å². The van der Waals surface area contributed by atoms with E-state index in [1.54, 1.807) is 0 Å². The molecule has 0 spiro atoms. The van der Waals surface area contributed by atoms with Crippen molar-refractivity contribution >= 4 is 0 Å². The Balaban J connectivity index is 3.21. The maximum absolute atomic E-state index is 5.12. The number of hydrogen-bond donors (Lipinski definition) is 3. The zero-order chi connectivity index (χ0) is 7.82. The number of rotatable bonds is 6. The van der Waals surface area contributed by atoms with Crippen LogP contribution in [0.25, 0.3) is 0 Å². The van der Waals surface area contributed by atoms with E-state index in [-0.39, 0.29) is 0 Å². The van der Waals surface area contributed by atoms with Crippen molar-refractivity contribution in [2.45, 2.75) is 13.3 Å². The Morgan fingerprint density at radius 3 is 2.50 bits per heavy atom. The van der Waals surface area contributed by atoms with Crippen molar-refractivity contribution in [2.24, 2.45) is 5.84 Å². The van der Waals surface area contributed by atoms with Crippen molar-refractivity contribution in [1.29, 1.82) is 0 Å². The molecule has 0 aliphatic carbocycles. The van der Waals surface area contributed by atoms with E-state index < -0.39 is 0 Å². The normalized spacial score (nSPS) is 10.8. The molecular weight excluding hydrogens is 128 g/mol. The Kier molecular flexibility index (Phi) is 6.84. The molecule has 0 aliphatic heterocycles. The van der Waals surface area contributed by atoms with Crippen LogP contribution in [0.1, 0.15) is 13.3 Å². The molecule has 0 aromatic rings. The molecule has 4 nitrogen and oxygen atoms in total. The maximum atomic E-state index is 5.12. The monoisotopic (exact) mass is 146 g/mol. The first-order valence-electron chi connectivity index (χ1n) is 3.71. The van der Waals surface area contributed by atoms with Crippen LogP contribution in [0.5, 0.6) is 0 Å².